The number of fused-ring (bicyclic) bond motifs is 5. The number of anilines is 2. The molecule has 3 N–H and O–H groups in total. The van der Waals surface area contributed by atoms with Crippen molar-refractivity contribution < 1.29 is 23.4 Å². The number of rotatable bonds is 6. The molecule has 1 aromatic carbocycles. The number of nitrogens with one attached hydrogen (secondary N) is 2. The quantitative estimate of drug-likeness (QED) is 0.266. The molecular formula is C31H31F2N7O4. The second-order valence-electron chi connectivity index (χ2n) is 11.9. The molecule has 5 aromatic rings. The molecule has 228 valence electrons. The zero-order valence-electron chi connectivity index (χ0n) is 24.6. The number of aromatic nitrogens is 4. The van der Waals surface area contributed by atoms with Crippen LogP contribution in [0.1, 0.15) is 10.4 Å². The highest BCUT2D eigenvalue weighted by Crippen LogP contribution is 2.46. The number of hydrogen-bond donors (Lipinski definition) is 3. The Hall–Kier alpha value is -4.62. The molecule has 4 aromatic heterocycles. The number of halogens is 2. The highest BCUT2D eigenvalue weighted by Gasteiger charge is 2.45. The van der Waals surface area contributed by atoms with Gasteiger partial charge in [0.25, 0.3) is 0 Å². The number of H-pyrrole nitrogens is 1. The van der Waals surface area contributed by atoms with Gasteiger partial charge in [-0.15, -0.1) is 0 Å². The van der Waals surface area contributed by atoms with Crippen LogP contribution in [0.5, 0.6) is 0 Å². The van der Waals surface area contributed by atoms with Crippen molar-refractivity contribution in [2.75, 3.05) is 57.6 Å². The Morgan fingerprint density at radius 3 is 2.73 bits per heavy atom. The van der Waals surface area contributed by atoms with Crippen molar-refractivity contribution in [3.05, 3.63) is 58.1 Å². The predicted molar refractivity (Wildman–Crippen MR) is 163 cm³/mol. The first kappa shape index (κ1) is 28.2. The Morgan fingerprint density at radius 2 is 2.00 bits per heavy atom. The van der Waals surface area contributed by atoms with E-state index in [1.165, 1.54) is 10.8 Å². The van der Waals surface area contributed by atoms with Crippen LogP contribution in [0.15, 0.2) is 35.5 Å². The molecule has 3 atom stereocenters. The molecule has 2 saturated heterocycles. The molecule has 13 heteroatoms. The number of carbonyl (C=O) groups is 1. The average Bonchev–Trinajstić information content (AvgIpc) is 3.69. The monoisotopic (exact) mass is 603 g/mol. The summed E-state index contributed by atoms with van der Waals surface area (Å²) < 4.78 is 38.4. The van der Waals surface area contributed by atoms with E-state index in [1.54, 1.807) is 32.6 Å². The van der Waals surface area contributed by atoms with Crippen molar-refractivity contribution in [2.24, 2.45) is 18.9 Å². The van der Waals surface area contributed by atoms with Crippen LogP contribution in [0, 0.1) is 23.5 Å². The van der Waals surface area contributed by atoms with Crippen LogP contribution in [-0.2, 0) is 11.8 Å². The number of ether oxygens (including phenoxy) is 1. The third-order valence-electron chi connectivity index (χ3n) is 8.94. The molecule has 7 rings (SSSR count). The molecular weight excluding hydrogens is 572 g/mol. The van der Waals surface area contributed by atoms with Crippen LogP contribution in [0.3, 0.4) is 0 Å². The second kappa shape index (κ2) is 10.2. The fourth-order valence-corrected chi connectivity index (χ4v) is 6.98. The average molecular weight is 604 g/mol. The molecule has 2 fully saturated rings. The smallest absolute Gasteiger partial charge is 0.341 e. The Bertz CT molecular complexity index is 2060. The maximum absolute atomic E-state index is 15.7. The minimum absolute atomic E-state index is 0.0455. The number of aryl methyl sites for hydroxylation is 1. The van der Waals surface area contributed by atoms with Gasteiger partial charge in [0.2, 0.25) is 5.43 Å². The molecule has 11 nitrogen and oxygen atoms in total. The Labute approximate surface area is 250 Å². The number of benzene rings is 1. The molecule has 0 aliphatic carbocycles. The van der Waals surface area contributed by atoms with Crippen molar-refractivity contribution in [2.45, 2.75) is 6.10 Å². The van der Waals surface area contributed by atoms with E-state index in [0.717, 1.165) is 12.6 Å². The van der Waals surface area contributed by atoms with Gasteiger partial charge in [0, 0.05) is 81.3 Å². The minimum Gasteiger partial charge on any atom is -0.477 e. The summed E-state index contributed by atoms with van der Waals surface area (Å²) >= 11 is 0. The van der Waals surface area contributed by atoms with Gasteiger partial charge in [-0.05, 0) is 20.2 Å². The largest absolute Gasteiger partial charge is 0.477 e. The van der Waals surface area contributed by atoms with Crippen molar-refractivity contribution in [1.29, 1.82) is 0 Å². The van der Waals surface area contributed by atoms with Crippen LogP contribution in [0.4, 0.5) is 20.2 Å². The third kappa shape index (κ3) is 4.21. The van der Waals surface area contributed by atoms with Crippen LogP contribution in [0.25, 0.3) is 44.1 Å². The van der Waals surface area contributed by atoms with Gasteiger partial charge in [-0.3, -0.25) is 4.79 Å². The van der Waals surface area contributed by atoms with Crippen LogP contribution < -0.4 is 15.6 Å². The summed E-state index contributed by atoms with van der Waals surface area (Å²) in [6.07, 6.45) is 4.41. The van der Waals surface area contributed by atoms with Gasteiger partial charge in [0.1, 0.15) is 16.9 Å². The highest BCUT2D eigenvalue weighted by atomic mass is 19.2. The standard InChI is InChI=1S/C31H31F2N7O4/c1-34-21-6-20(32)25(33)23-24-27(40-11-18-15(9-38(2)3)13-44-22(18)12-40)17(8-35-29(24)37-26(21)23)14-5-16-28(41)19(31(42)43)10-39(4)30(16)36-7-14/h5-8,10,15,18,22,34H,9,11-13H2,1-4H3,(H,35,37)(H,42,43). The summed E-state index contributed by atoms with van der Waals surface area (Å²) in [7, 11) is 7.31. The fourth-order valence-electron chi connectivity index (χ4n) is 6.98. The number of aromatic carboxylic acids is 1. The van der Waals surface area contributed by atoms with E-state index >= 15 is 4.39 Å². The molecule has 0 bridgehead atoms. The summed E-state index contributed by atoms with van der Waals surface area (Å²) in [5.41, 5.74) is 2.07. The zero-order chi connectivity index (χ0) is 31.0. The normalized spacial score (nSPS) is 20.0. The van der Waals surface area contributed by atoms with Gasteiger partial charge in [0.15, 0.2) is 11.6 Å². The van der Waals surface area contributed by atoms with Gasteiger partial charge in [-0.2, -0.15) is 0 Å². The molecule has 0 spiro atoms. The van der Waals surface area contributed by atoms with E-state index in [1.807, 2.05) is 14.1 Å². The van der Waals surface area contributed by atoms with Crippen LogP contribution >= 0.6 is 0 Å². The lowest BCUT2D eigenvalue weighted by molar-refractivity contribution is 0.0695. The molecule has 0 saturated carbocycles. The summed E-state index contributed by atoms with van der Waals surface area (Å²) in [5.74, 6) is -2.82. The summed E-state index contributed by atoms with van der Waals surface area (Å²) in [6.45, 7) is 2.65. The number of hydrogen-bond acceptors (Lipinski definition) is 8. The maximum atomic E-state index is 15.7. The lowest BCUT2D eigenvalue weighted by Gasteiger charge is -2.26. The first-order valence-corrected chi connectivity index (χ1v) is 14.3. The number of carboxylic acid groups (broad SMARTS) is 1. The van der Waals surface area contributed by atoms with Gasteiger partial charge in [0.05, 0.1) is 45.8 Å². The maximum Gasteiger partial charge on any atom is 0.341 e. The van der Waals surface area contributed by atoms with Gasteiger partial charge < -0.3 is 34.5 Å². The van der Waals surface area contributed by atoms with E-state index in [9.17, 15) is 19.1 Å². The predicted octanol–water partition coefficient (Wildman–Crippen LogP) is 3.66. The highest BCUT2D eigenvalue weighted by molar-refractivity contribution is 6.18. The first-order chi connectivity index (χ1) is 21.1. The van der Waals surface area contributed by atoms with Gasteiger partial charge in [-0.1, -0.05) is 0 Å². The number of aromatic amines is 1. The van der Waals surface area contributed by atoms with Crippen molar-refractivity contribution >= 4 is 50.3 Å². The molecule has 2 aliphatic heterocycles. The van der Waals surface area contributed by atoms with Crippen molar-refractivity contribution in [3.63, 3.8) is 0 Å². The van der Waals surface area contributed by atoms with E-state index < -0.39 is 23.0 Å². The van der Waals surface area contributed by atoms with E-state index in [0.29, 0.717) is 70.3 Å². The topological polar surface area (TPSA) is 129 Å². The second-order valence-corrected chi connectivity index (χ2v) is 11.9. The first-order valence-electron chi connectivity index (χ1n) is 14.3. The molecule has 6 heterocycles. The lowest BCUT2D eigenvalue weighted by atomic mass is 9.93. The van der Waals surface area contributed by atoms with Crippen LogP contribution in [0.2, 0.25) is 0 Å². The molecule has 3 unspecified atom stereocenters. The van der Waals surface area contributed by atoms with Crippen LogP contribution in [-0.4, -0.2) is 89.0 Å². The summed E-state index contributed by atoms with van der Waals surface area (Å²) in [4.78, 5) is 41.6. The molecule has 44 heavy (non-hydrogen) atoms. The Balaban J connectivity index is 1.50. The third-order valence-corrected chi connectivity index (χ3v) is 8.94. The summed E-state index contributed by atoms with van der Waals surface area (Å²) in [6, 6.07) is 2.70. The van der Waals surface area contributed by atoms with Crippen molar-refractivity contribution in [1.82, 2.24) is 24.4 Å². The fraction of sp³-hybridized carbons (Fsp3) is 0.355. The van der Waals surface area contributed by atoms with Gasteiger partial charge >= 0.3 is 5.97 Å². The Kier molecular flexibility index (Phi) is 6.55. The lowest BCUT2D eigenvalue weighted by Crippen LogP contribution is -2.30. The number of pyridine rings is 3. The SMILES string of the molecule is CNc1cc(F)c(F)c2c1[nH]c1ncc(-c3cnc4c(c3)c(=O)c(C(=O)O)cn4C)c(N3CC4OCC(CN(C)C)C4C3)c12. The number of carboxylic acids is 1. The zero-order valence-corrected chi connectivity index (χ0v) is 24.6. The molecule has 0 amide bonds. The number of nitrogens with zero attached hydrogens (tertiary/aromatic N) is 5. The summed E-state index contributed by atoms with van der Waals surface area (Å²) in [5, 5.41) is 13.2. The minimum atomic E-state index is -1.34. The Morgan fingerprint density at radius 1 is 1.20 bits per heavy atom. The molecule has 2 aliphatic rings. The van der Waals surface area contributed by atoms with E-state index in [-0.39, 0.29) is 28.4 Å². The van der Waals surface area contributed by atoms with E-state index in [4.69, 9.17) is 4.74 Å². The van der Waals surface area contributed by atoms with Crippen molar-refractivity contribution in [3.8, 4) is 11.1 Å². The molecule has 0 radical (unpaired) electrons. The van der Waals surface area contributed by atoms with Gasteiger partial charge in [-0.25, -0.2) is 23.5 Å². The van der Waals surface area contributed by atoms with E-state index in [2.05, 4.69) is 30.1 Å².